The summed E-state index contributed by atoms with van der Waals surface area (Å²) in [6.45, 7) is 13.1. The molecule has 4 aliphatic rings. The summed E-state index contributed by atoms with van der Waals surface area (Å²) in [4.78, 5) is 84.0. The first-order valence-corrected chi connectivity index (χ1v) is 27.1. The molecule has 0 radical (unpaired) electrons. The first-order chi connectivity index (χ1) is 34.2. The number of amides is 1. The number of allylic oxidation sites excluding steroid dienone is 6. The first-order valence-electron chi connectivity index (χ1n) is 26.0. The molecule has 1 saturated carbocycles. The van der Waals surface area contributed by atoms with Crippen LogP contribution in [0.15, 0.2) is 47.6 Å². The van der Waals surface area contributed by atoms with Crippen molar-refractivity contribution in [1.29, 1.82) is 0 Å². The van der Waals surface area contributed by atoms with Gasteiger partial charge < -0.3 is 48.3 Å². The van der Waals surface area contributed by atoms with Crippen LogP contribution in [0.4, 0.5) is 0 Å². The molecule has 2 bridgehead atoms. The van der Waals surface area contributed by atoms with Gasteiger partial charge in [0.15, 0.2) is 5.78 Å². The molecule has 4 rings (SSSR count). The monoisotopic (exact) mass is 1080 g/mol. The lowest BCUT2D eigenvalue weighted by Crippen LogP contribution is -2.61. The second-order valence-electron chi connectivity index (χ2n) is 20.8. The minimum atomic E-state index is -2.45. The number of alkyl halides is 1. The van der Waals surface area contributed by atoms with E-state index in [0.29, 0.717) is 63.4 Å². The Labute approximate surface area is 436 Å². The predicted octanol–water partition coefficient (Wildman–Crippen LogP) is 7.14. The van der Waals surface area contributed by atoms with Crippen molar-refractivity contribution in [2.75, 3.05) is 46.4 Å². The number of ketones is 3. The summed E-state index contributed by atoms with van der Waals surface area (Å²) in [5, 5.41) is 23.6. The molecule has 2 N–H and O–H groups in total. The molecule has 406 valence electrons. The van der Waals surface area contributed by atoms with Gasteiger partial charge in [-0.1, -0.05) is 87.0 Å². The zero-order valence-corrected chi connectivity index (χ0v) is 46.0. The van der Waals surface area contributed by atoms with Crippen LogP contribution in [0.1, 0.15) is 126 Å². The molecule has 15 atom stereocenters. The molecule has 1 amide bonds. The fraction of sp³-hybridized carbons (Fsp3) is 0.745. The molecule has 2 saturated heterocycles. The Bertz CT molecular complexity index is 1950. The minimum absolute atomic E-state index is 0.00794. The molecule has 3 aliphatic heterocycles. The smallest absolute Gasteiger partial charge is 0.329 e. The van der Waals surface area contributed by atoms with Crippen molar-refractivity contribution in [3.8, 4) is 0 Å². The van der Waals surface area contributed by atoms with Crippen molar-refractivity contribution in [1.82, 2.24) is 4.90 Å². The van der Waals surface area contributed by atoms with Crippen molar-refractivity contribution >= 4 is 51.1 Å². The number of aliphatic hydroxyl groups excluding tert-OH is 1. The standard InChI is InChI=1S/C55H84BrNO15/c1-33-16-12-11-13-17-34(2)45(66-8)30-41-21-19-39(7)55(65,72-41)52(62)53(63)57-23-15-14-18-42(57)54(64)71-46(31-43(58)35(3)27-38(6)50(61)51(68-10)49(60)37(5)26-33)36(4)28-40-20-22-44(47(29-40)67-9)69-24-25-70-48(59)32-56/h11-13,16-17,27,33,35-37,39-42,44-47,50-51,61,65H,14-15,18-26,28-32H2,1-10H3/b13-11+,16-12+,34-17+,38-27+/t33?,35?,36-,37+,39+,40-,41-,42?,44+,45-,46-,47+,50+,51?,55+/m0/s1. The third-order valence-electron chi connectivity index (χ3n) is 15.2. The minimum Gasteiger partial charge on any atom is -0.463 e. The van der Waals surface area contributed by atoms with Gasteiger partial charge in [0.05, 0.1) is 31.0 Å². The van der Waals surface area contributed by atoms with Crippen molar-refractivity contribution < 1.29 is 72.1 Å². The van der Waals surface area contributed by atoms with E-state index in [1.807, 2.05) is 58.1 Å². The fourth-order valence-electron chi connectivity index (χ4n) is 10.7. The maximum Gasteiger partial charge on any atom is 0.329 e. The Morgan fingerprint density at radius 1 is 0.875 bits per heavy atom. The van der Waals surface area contributed by atoms with Crippen molar-refractivity contribution in [2.45, 2.75) is 180 Å². The van der Waals surface area contributed by atoms with E-state index in [1.165, 1.54) is 12.0 Å². The van der Waals surface area contributed by atoms with Gasteiger partial charge >= 0.3 is 11.9 Å². The van der Waals surface area contributed by atoms with Crippen LogP contribution in [0, 0.1) is 35.5 Å². The Kier molecular flexibility index (Phi) is 25.1. The van der Waals surface area contributed by atoms with Crippen LogP contribution < -0.4 is 0 Å². The Balaban J connectivity index is 1.67. The lowest BCUT2D eigenvalue weighted by Gasteiger charge is -2.42. The second-order valence-corrected chi connectivity index (χ2v) is 21.3. The maximum atomic E-state index is 14.5. The number of fused-ring (bicyclic) bond motifs is 3. The van der Waals surface area contributed by atoms with Gasteiger partial charge in [0.25, 0.3) is 11.7 Å². The zero-order valence-electron chi connectivity index (χ0n) is 44.4. The number of aliphatic hydroxyl groups is 2. The molecule has 4 unspecified atom stereocenters. The molecule has 0 spiro atoms. The zero-order chi connectivity index (χ0) is 53.3. The average Bonchev–Trinajstić information content (AvgIpc) is 3.36. The summed E-state index contributed by atoms with van der Waals surface area (Å²) >= 11 is 3.08. The largest absolute Gasteiger partial charge is 0.463 e. The third kappa shape index (κ3) is 17.1. The number of cyclic esters (lactones) is 1. The SMILES string of the molecule is COC1C(=O)[C@H](C)CC(C)/C=C/C=C/C=C(\C)[C@@H](OC)C[C@@H]2CC[C@@H](C)[C@@](O)(O2)C(=O)C(=O)N2CCCCC2C(=O)O[C@H]([C@@H](C)C[C@@H]2CC[C@@H](OCCOC(=O)CBr)[C@H](OC)C2)CC(=O)C(C)/C=C(\C)[C@H]1O. The number of piperidine rings is 1. The lowest BCUT2D eigenvalue weighted by atomic mass is 9.78. The highest BCUT2D eigenvalue weighted by Gasteiger charge is 2.53. The van der Waals surface area contributed by atoms with E-state index < -0.39 is 77.8 Å². The molecule has 3 heterocycles. The number of esters is 2. The summed E-state index contributed by atoms with van der Waals surface area (Å²) in [6, 6.07) is -1.16. The number of hydrogen-bond acceptors (Lipinski definition) is 15. The average molecular weight is 1080 g/mol. The van der Waals surface area contributed by atoms with E-state index in [1.54, 1.807) is 41.1 Å². The highest BCUT2D eigenvalue weighted by Crippen LogP contribution is 2.38. The van der Waals surface area contributed by atoms with E-state index >= 15 is 0 Å². The predicted molar refractivity (Wildman–Crippen MR) is 274 cm³/mol. The summed E-state index contributed by atoms with van der Waals surface area (Å²) in [5.74, 6) is -8.51. The van der Waals surface area contributed by atoms with Gasteiger partial charge in [-0.15, -0.1) is 0 Å². The first kappa shape index (κ1) is 61.1. The summed E-state index contributed by atoms with van der Waals surface area (Å²) in [5.41, 5.74) is 1.25. The molecule has 16 nitrogen and oxygen atoms in total. The summed E-state index contributed by atoms with van der Waals surface area (Å²) in [6.07, 6.45) is 11.6. The van der Waals surface area contributed by atoms with Gasteiger partial charge in [0, 0.05) is 58.5 Å². The highest BCUT2D eigenvalue weighted by atomic mass is 79.9. The highest BCUT2D eigenvalue weighted by molar-refractivity contribution is 9.09. The lowest BCUT2D eigenvalue weighted by molar-refractivity contribution is -0.265. The molecular formula is C55H84BrNO15. The number of rotatable bonds is 11. The quantitative estimate of drug-likeness (QED) is 0.0692. The summed E-state index contributed by atoms with van der Waals surface area (Å²) < 4.78 is 41.0. The Morgan fingerprint density at radius 3 is 2.29 bits per heavy atom. The van der Waals surface area contributed by atoms with Gasteiger partial charge in [-0.2, -0.15) is 0 Å². The fourth-order valence-corrected chi connectivity index (χ4v) is 10.8. The Morgan fingerprint density at radius 2 is 1.61 bits per heavy atom. The van der Waals surface area contributed by atoms with E-state index in [0.717, 1.165) is 12.0 Å². The number of methoxy groups -OCH3 is 3. The van der Waals surface area contributed by atoms with Crippen LogP contribution in [0.5, 0.6) is 0 Å². The third-order valence-corrected chi connectivity index (χ3v) is 15.7. The number of hydrogen-bond donors (Lipinski definition) is 2. The number of nitrogens with zero attached hydrogens (tertiary/aromatic N) is 1. The number of ether oxygens (including phenoxy) is 7. The number of Topliss-reactive ketones (excluding diaryl/α,β-unsaturated/α-hetero) is 3. The van der Waals surface area contributed by atoms with Crippen LogP contribution >= 0.6 is 15.9 Å². The van der Waals surface area contributed by atoms with Gasteiger partial charge in [0.2, 0.25) is 5.79 Å². The molecular weight excluding hydrogens is 995 g/mol. The number of carbonyl (C=O) groups is 6. The van der Waals surface area contributed by atoms with Crippen LogP contribution in [0.25, 0.3) is 0 Å². The van der Waals surface area contributed by atoms with Crippen LogP contribution in [-0.2, 0) is 61.9 Å². The van der Waals surface area contributed by atoms with E-state index in [2.05, 4.69) is 15.9 Å². The number of carbonyl (C=O) groups excluding carboxylic acids is 6. The Hall–Kier alpha value is -3.42. The van der Waals surface area contributed by atoms with Crippen LogP contribution in [-0.4, -0.2) is 151 Å². The summed E-state index contributed by atoms with van der Waals surface area (Å²) in [7, 11) is 4.57. The van der Waals surface area contributed by atoms with Gasteiger partial charge in [-0.25, -0.2) is 4.79 Å². The molecule has 17 heteroatoms. The molecule has 0 aromatic carbocycles. The van der Waals surface area contributed by atoms with Gasteiger partial charge in [0.1, 0.15) is 42.1 Å². The molecule has 1 aliphatic carbocycles. The van der Waals surface area contributed by atoms with E-state index in [4.69, 9.17) is 33.2 Å². The second kappa shape index (κ2) is 29.6. The van der Waals surface area contributed by atoms with Gasteiger partial charge in [-0.3, -0.25) is 24.0 Å². The van der Waals surface area contributed by atoms with Gasteiger partial charge in [-0.05, 0) is 107 Å². The topological polar surface area (TPSA) is 211 Å². The van der Waals surface area contributed by atoms with Crippen LogP contribution in [0.2, 0.25) is 0 Å². The van der Waals surface area contributed by atoms with E-state index in [-0.39, 0.29) is 85.4 Å². The van der Waals surface area contributed by atoms with Crippen molar-refractivity contribution in [2.24, 2.45) is 35.5 Å². The van der Waals surface area contributed by atoms with E-state index in [9.17, 15) is 39.0 Å². The van der Waals surface area contributed by atoms with Crippen molar-refractivity contribution in [3.63, 3.8) is 0 Å². The molecule has 0 aromatic heterocycles. The number of halogens is 1. The maximum absolute atomic E-state index is 14.5. The molecule has 3 fully saturated rings. The molecule has 0 aromatic rings. The van der Waals surface area contributed by atoms with Crippen LogP contribution in [0.3, 0.4) is 0 Å². The molecule has 72 heavy (non-hydrogen) atoms. The normalized spacial score (nSPS) is 37.5. The van der Waals surface area contributed by atoms with Crippen molar-refractivity contribution in [3.05, 3.63) is 47.6 Å².